The van der Waals surface area contributed by atoms with Crippen LogP contribution in [0.1, 0.15) is 32.6 Å². The van der Waals surface area contributed by atoms with Crippen molar-refractivity contribution in [3.05, 3.63) is 0 Å². The quantitative estimate of drug-likeness (QED) is 0.851. The van der Waals surface area contributed by atoms with Crippen molar-refractivity contribution in [1.82, 2.24) is 4.90 Å². The third-order valence-electron chi connectivity index (χ3n) is 3.84. The Bertz CT molecular complexity index is 294. The maximum absolute atomic E-state index is 12.7. The topological polar surface area (TPSA) is 46.3 Å². The molecule has 2 N–H and O–H groups in total. The molecule has 0 aromatic rings. The summed E-state index contributed by atoms with van der Waals surface area (Å²) in [6, 6.07) is -0.135. The van der Waals surface area contributed by atoms with Gasteiger partial charge in [0.2, 0.25) is 5.91 Å². The number of hydrogen-bond donors (Lipinski definition) is 1. The summed E-state index contributed by atoms with van der Waals surface area (Å²) in [5, 5.41) is 0. The summed E-state index contributed by atoms with van der Waals surface area (Å²) in [4.78, 5) is 13.5. The predicted octanol–water partition coefficient (Wildman–Crippen LogP) is 2.16. The Hall–Kier alpha value is -0.780. The minimum absolute atomic E-state index is 0.0794. The van der Waals surface area contributed by atoms with Gasteiger partial charge in [-0.25, -0.2) is 0 Å². The van der Waals surface area contributed by atoms with Crippen molar-refractivity contribution < 1.29 is 18.0 Å². The van der Waals surface area contributed by atoms with Gasteiger partial charge in [0.05, 0.1) is 5.92 Å². The van der Waals surface area contributed by atoms with Crippen molar-refractivity contribution in [2.75, 3.05) is 13.6 Å². The third kappa shape index (κ3) is 3.60. The smallest absolute Gasteiger partial charge is 0.342 e. The first-order valence-electron chi connectivity index (χ1n) is 6.30. The number of halogens is 3. The highest BCUT2D eigenvalue weighted by atomic mass is 19.4. The summed E-state index contributed by atoms with van der Waals surface area (Å²) >= 11 is 0. The van der Waals surface area contributed by atoms with Gasteiger partial charge in [-0.15, -0.1) is 0 Å². The summed E-state index contributed by atoms with van der Waals surface area (Å²) in [5.74, 6) is -2.05. The van der Waals surface area contributed by atoms with E-state index in [2.05, 4.69) is 0 Å². The average Bonchev–Trinajstić information content (AvgIpc) is 2.35. The second-order valence-electron chi connectivity index (χ2n) is 5.14. The fourth-order valence-corrected chi connectivity index (χ4v) is 2.37. The first kappa shape index (κ1) is 15.3. The Balaban J connectivity index is 2.64. The fraction of sp³-hybridized carbons (Fsp3) is 0.917. The van der Waals surface area contributed by atoms with Crippen molar-refractivity contribution in [3.63, 3.8) is 0 Å². The summed E-state index contributed by atoms with van der Waals surface area (Å²) in [7, 11) is 1.61. The molecule has 0 heterocycles. The molecular formula is C12H21F3N2O. The lowest BCUT2D eigenvalue weighted by atomic mass is 9.80. The molecule has 3 unspecified atom stereocenters. The van der Waals surface area contributed by atoms with Crippen LogP contribution in [0.2, 0.25) is 0 Å². The molecule has 18 heavy (non-hydrogen) atoms. The van der Waals surface area contributed by atoms with Gasteiger partial charge in [0.1, 0.15) is 0 Å². The number of nitrogens with two attached hydrogens (primary N) is 1. The van der Waals surface area contributed by atoms with Gasteiger partial charge in [-0.05, 0) is 26.2 Å². The van der Waals surface area contributed by atoms with E-state index in [9.17, 15) is 18.0 Å². The molecule has 1 amide bonds. The van der Waals surface area contributed by atoms with Crippen LogP contribution in [0.5, 0.6) is 0 Å². The van der Waals surface area contributed by atoms with Crippen LogP contribution in [0.3, 0.4) is 0 Å². The second-order valence-corrected chi connectivity index (χ2v) is 5.14. The minimum atomic E-state index is -4.18. The molecule has 0 bridgehead atoms. The second kappa shape index (κ2) is 5.91. The van der Waals surface area contributed by atoms with E-state index in [0.717, 1.165) is 0 Å². The number of alkyl halides is 3. The zero-order chi connectivity index (χ0) is 13.9. The molecule has 0 spiro atoms. The van der Waals surface area contributed by atoms with E-state index in [-0.39, 0.29) is 24.8 Å². The van der Waals surface area contributed by atoms with Crippen molar-refractivity contribution >= 4 is 5.91 Å². The Morgan fingerprint density at radius 1 is 1.44 bits per heavy atom. The van der Waals surface area contributed by atoms with Crippen LogP contribution >= 0.6 is 0 Å². The normalized spacial score (nSPS) is 26.8. The van der Waals surface area contributed by atoms with E-state index in [1.54, 1.807) is 14.0 Å². The van der Waals surface area contributed by atoms with Crippen LogP contribution in [-0.4, -0.2) is 36.6 Å². The molecular weight excluding hydrogens is 245 g/mol. The van der Waals surface area contributed by atoms with E-state index in [4.69, 9.17) is 5.73 Å². The van der Waals surface area contributed by atoms with Gasteiger partial charge >= 0.3 is 6.18 Å². The summed E-state index contributed by atoms with van der Waals surface area (Å²) in [6.45, 7) is 2.11. The van der Waals surface area contributed by atoms with E-state index in [0.29, 0.717) is 19.4 Å². The highest BCUT2D eigenvalue weighted by Gasteiger charge is 2.44. The minimum Gasteiger partial charge on any atom is -0.342 e. The molecule has 1 aliphatic rings. The Kier molecular flexibility index (Phi) is 5.01. The molecule has 106 valence electrons. The van der Waals surface area contributed by atoms with Crippen LogP contribution in [-0.2, 0) is 4.79 Å². The van der Waals surface area contributed by atoms with Crippen LogP contribution in [0.4, 0.5) is 13.2 Å². The first-order chi connectivity index (χ1) is 8.27. The van der Waals surface area contributed by atoms with E-state index in [1.807, 2.05) is 0 Å². The molecule has 1 rings (SSSR count). The summed E-state index contributed by atoms with van der Waals surface area (Å²) < 4.78 is 38.0. The van der Waals surface area contributed by atoms with Crippen LogP contribution in [0.25, 0.3) is 0 Å². The molecule has 6 heteroatoms. The number of carbonyl (C=O) groups is 1. The lowest BCUT2D eigenvalue weighted by molar-refractivity contribution is -0.187. The predicted molar refractivity (Wildman–Crippen MR) is 62.8 cm³/mol. The monoisotopic (exact) mass is 266 g/mol. The van der Waals surface area contributed by atoms with E-state index in [1.165, 1.54) is 4.90 Å². The number of nitrogens with zero attached hydrogens (tertiary/aromatic N) is 1. The zero-order valence-electron chi connectivity index (χ0n) is 10.8. The van der Waals surface area contributed by atoms with Gasteiger partial charge in [-0.2, -0.15) is 13.2 Å². The highest BCUT2D eigenvalue weighted by molar-refractivity contribution is 5.79. The van der Waals surface area contributed by atoms with Crippen LogP contribution in [0, 0.1) is 11.8 Å². The summed E-state index contributed by atoms with van der Waals surface area (Å²) in [5.41, 5.74) is 5.46. The number of hydrogen-bond acceptors (Lipinski definition) is 2. The third-order valence-corrected chi connectivity index (χ3v) is 3.84. The number of likely N-dealkylation sites (N-methyl/N-ethyl adjacent to an activating group) is 1. The van der Waals surface area contributed by atoms with Crippen LogP contribution in [0.15, 0.2) is 0 Å². The Labute approximate surface area is 106 Å². The fourth-order valence-electron chi connectivity index (χ4n) is 2.37. The first-order valence-corrected chi connectivity index (χ1v) is 6.30. The standard InChI is InChI=1S/C12H21F3N2O/c1-8(7-16)17(2)11(18)9-4-3-5-10(6-9)12(13,14)15/h8-10H,3-7,16H2,1-2H3. The van der Waals surface area contributed by atoms with E-state index >= 15 is 0 Å². The van der Waals surface area contributed by atoms with Crippen molar-refractivity contribution in [1.29, 1.82) is 0 Å². The van der Waals surface area contributed by atoms with Gasteiger partial charge in [0.15, 0.2) is 0 Å². The van der Waals surface area contributed by atoms with Crippen molar-refractivity contribution in [2.24, 2.45) is 17.6 Å². The lowest BCUT2D eigenvalue weighted by Crippen LogP contribution is -2.44. The maximum Gasteiger partial charge on any atom is 0.391 e. The average molecular weight is 266 g/mol. The molecule has 0 saturated heterocycles. The molecule has 3 nitrogen and oxygen atoms in total. The largest absolute Gasteiger partial charge is 0.391 e. The number of rotatable bonds is 3. The van der Waals surface area contributed by atoms with E-state index < -0.39 is 18.0 Å². The van der Waals surface area contributed by atoms with Crippen molar-refractivity contribution in [3.8, 4) is 0 Å². The van der Waals surface area contributed by atoms with Crippen LogP contribution < -0.4 is 5.73 Å². The van der Waals surface area contributed by atoms with Gasteiger partial charge < -0.3 is 10.6 Å². The molecule has 1 saturated carbocycles. The van der Waals surface area contributed by atoms with Gasteiger partial charge in [0, 0.05) is 25.6 Å². The SMILES string of the molecule is CC(CN)N(C)C(=O)C1CCCC(C(F)(F)F)C1. The summed E-state index contributed by atoms with van der Waals surface area (Å²) in [6.07, 6.45) is -3.11. The van der Waals surface area contributed by atoms with Gasteiger partial charge in [-0.1, -0.05) is 6.42 Å². The Morgan fingerprint density at radius 3 is 2.56 bits per heavy atom. The number of amides is 1. The number of carbonyl (C=O) groups excluding carboxylic acids is 1. The van der Waals surface area contributed by atoms with Gasteiger partial charge in [-0.3, -0.25) is 4.79 Å². The highest BCUT2D eigenvalue weighted by Crippen LogP contribution is 2.40. The zero-order valence-corrected chi connectivity index (χ0v) is 10.8. The van der Waals surface area contributed by atoms with Crippen molar-refractivity contribution in [2.45, 2.75) is 44.8 Å². The molecule has 0 radical (unpaired) electrons. The molecule has 3 atom stereocenters. The lowest BCUT2D eigenvalue weighted by Gasteiger charge is -2.34. The molecule has 0 aromatic carbocycles. The molecule has 0 aromatic heterocycles. The molecule has 1 fully saturated rings. The Morgan fingerprint density at radius 2 is 2.06 bits per heavy atom. The molecule has 0 aliphatic heterocycles. The molecule has 1 aliphatic carbocycles. The maximum atomic E-state index is 12.7. The van der Waals surface area contributed by atoms with Gasteiger partial charge in [0.25, 0.3) is 0 Å².